The van der Waals surface area contributed by atoms with Crippen LogP contribution in [0.4, 0.5) is 0 Å². The SMILES string of the molecule is CC1C(CO)OOC(O)C1O. The summed E-state index contributed by atoms with van der Waals surface area (Å²) in [4.78, 5) is 8.87. The summed E-state index contributed by atoms with van der Waals surface area (Å²) in [6, 6.07) is 0. The number of aliphatic hydroxyl groups is 3. The summed E-state index contributed by atoms with van der Waals surface area (Å²) in [5.41, 5.74) is 0. The third-order valence-electron chi connectivity index (χ3n) is 1.87. The van der Waals surface area contributed by atoms with Crippen LogP contribution in [0.2, 0.25) is 0 Å². The smallest absolute Gasteiger partial charge is 0.215 e. The van der Waals surface area contributed by atoms with Gasteiger partial charge in [0.2, 0.25) is 6.29 Å². The van der Waals surface area contributed by atoms with Crippen LogP contribution in [0.25, 0.3) is 0 Å². The maximum atomic E-state index is 9.18. The van der Waals surface area contributed by atoms with E-state index in [1.807, 2.05) is 0 Å². The van der Waals surface area contributed by atoms with Crippen molar-refractivity contribution in [3.8, 4) is 0 Å². The summed E-state index contributed by atoms with van der Waals surface area (Å²) in [7, 11) is 0. The van der Waals surface area contributed by atoms with Gasteiger partial charge in [-0.15, -0.1) is 0 Å². The van der Waals surface area contributed by atoms with Crippen molar-refractivity contribution in [2.45, 2.75) is 25.4 Å². The number of rotatable bonds is 1. The zero-order valence-electron chi connectivity index (χ0n) is 6.17. The second-order valence-electron chi connectivity index (χ2n) is 2.65. The van der Waals surface area contributed by atoms with E-state index >= 15 is 0 Å². The molecule has 3 N–H and O–H groups in total. The highest BCUT2D eigenvalue weighted by Gasteiger charge is 2.36. The first kappa shape index (κ1) is 8.89. The molecule has 0 radical (unpaired) electrons. The van der Waals surface area contributed by atoms with Crippen LogP contribution in [0.3, 0.4) is 0 Å². The average molecular weight is 164 g/mol. The Morgan fingerprint density at radius 3 is 2.45 bits per heavy atom. The van der Waals surface area contributed by atoms with Crippen molar-refractivity contribution in [2.75, 3.05) is 6.61 Å². The van der Waals surface area contributed by atoms with Crippen LogP contribution < -0.4 is 0 Å². The van der Waals surface area contributed by atoms with E-state index in [1.165, 1.54) is 0 Å². The van der Waals surface area contributed by atoms with Gasteiger partial charge in [0.1, 0.15) is 12.2 Å². The molecule has 11 heavy (non-hydrogen) atoms. The van der Waals surface area contributed by atoms with Crippen LogP contribution in [0, 0.1) is 5.92 Å². The van der Waals surface area contributed by atoms with Gasteiger partial charge < -0.3 is 15.3 Å². The molecule has 1 heterocycles. The van der Waals surface area contributed by atoms with Gasteiger partial charge in [-0.3, -0.25) is 0 Å². The standard InChI is InChI=1S/C6H12O5/c1-3-4(2-7)10-11-6(9)5(3)8/h3-9H,2H2,1H3. The van der Waals surface area contributed by atoms with Gasteiger partial charge in [-0.25, -0.2) is 9.78 Å². The molecule has 1 rings (SSSR count). The van der Waals surface area contributed by atoms with Gasteiger partial charge in [0, 0.05) is 5.92 Å². The first-order chi connectivity index (χ1) is 5.16. The highest BCUT2D eigenvalue weighted by atomic mass is 17.2. The molecule has 0 aromatic heterocycles. The van der Waals surface area contributed by atoms with Gasteiger partial charge >= 0.3 is 0 Å². The fourth-order valence-corrected chi connectivity index (χ4v) is 0.949. The molecule has 0 aromatic carbocycles. The molecular formula is C6H12O5. The fraction of sp³-hybridized carbons (Fsp3) is 1.00. The Hall–Kier alpha value is -0.200. The Balaban J connectivity index is 2.52. The van der Waals surface area contributed by atoms with Crippen LogP contribution >= 0.6 is 0 Å². The molecule has 0 spiro atoms. The van der Waals surface area contributed by atoms with Gasteiger partial charge in [-0.1, -0.05) is 6.92 Å². The third kappa shape index (κ3) is 1.69. The minimum absolute atomic E-state index is 0.231. The Morgan fingerprint density at radius 2 is 1.91 bits per heavy atom. The summed E-state index contributed by atoms with van der Waals surface area (Å²) in [5, 5.41) is 26.7. The molecule has 0 aliphatic carbocycles. The third-order valence-corrected chi connectivity index (χ3v) is 1.87. The first-order valence-electron chi connectivity index (χ1n) is 3.46. The minimum Gasteiger partial charge on any atom is -0.394 e. The second-order valence-corrected chi connectivity index (χ2v) is 2.65. The lowest BCUT2D eigenvalue weighted by Gasteiger charge is -2.33. The second kappa shape index (κ2) is 3.46. The predicted molar refractivity (Wildman–Crippen MR) is 34.2 cm³/mol. The first-order valence-corrected chi connectivity index (χ1v) is 3.46. The minimum atomic E-state index is -1.31. The van der Waals surface area contributed by atoms with E-state index in [0.717, 1.165) is 0 Å². The molecule has 0 bridgehead atoms. The van der Waals surface area contributed by atoms with Crippen molar-refractivity contribution < 1.29 is 25.1 Å². The van der Waals surface area contributed by atoms with Crippen molar-refractivity contribution in [3.05, 3.63) is 0 Å². The number of hydrogen-bond donors (Lipinski definition) is 3. The molecular weight excluding hydrogens is 152 g/mol. The maximum absolute atomic E-state index is 9.18. The van der Waals surface area contributed by atoms with E-state index in [1.54, 1.807) is 6.92 Å². The summed E-state index contributed by atoms with van der Waals surface area (Å²) >= 11 is 0. The molecule has 0 saturated carbocycles. The molecule has 5 heteroatoms. The molecule has 5 nitrogen and oxygen atoms in total. The highest BCUT2D eigenvalue weighted by Crippen LogP contribution is 2.21. The van der Waals surface area contributed by atoms with Crippen LogP contribution in [0.5, 0.6) is 0 Å². The van der Waals surface area contributed by atoms with Crippen molar-refractivity contribution in [2.24, 2.45) is 5.92 Å². The average Bonchev–Trinajstić information content (AvgIpc) is 2.01. The van der Waals surface area contributed by atoms with Crippen LogP contribution in [-0.4, -0.2) is 40.4 Å². The van der Waals surface area contributed by atoms with E-state index in [2.05, 4.69) is 9.78 Å². The molecule has 4 unspecified atom stereocenters. The Bertz CT molecular complexity index is 126. The molecule has 0 amide bonds. The van der Waals surface area contributed by atoms with Gasteiger partial charge in [0.25, 0.3) is 0 Å². The predicted octanol–water partition coefficient (Wildman–Crippen LogP) is -1.38. The maximum Gasteiger partial charge on any atom is 0.215 e. The largest absolute Gasteiger partial charge is 0.394 e. The zero-order chi connectivity index (χ0) is 8.43. The van der Waals surface area contributed by atoms with Crippen molar-refractivity contribution in [3.63, 3.8) is 0 Å². The van der Waals surface area contributed by atoms with Crippen LogP contribution in [0.1, 0.15) is 6.92 Å². The molecule has 1 saturated heterocycles. The summed E-state index contributed by atoms with van der Waals surface area (Å²) in [6.45, 7) is 1.43. The topological polar surface area (TPSA) is 79.2 Å². The fourth-order valence-electron chi connectivity index (χ4n) is 0.949. The number of hydrogen-bond acceptors (Lipinski definition) is 5. The van der Waals surface area contributed by atoms with Gasteiger partial charge in [0.05, 0.1) is 6.61 Å². The molecule has 66 valence electrons. The van der Waals surface area contributed by atoms with Gasteiger partial charge in [-0.05, 0) is 0 Å². The van der Waals surface area contributed by atoms with E-state index < -0.39 is 18.5 Å². The Kier molecular flexibility index (Phi) is 2.80. The summed E-state index contributed by atoms with van der Waals surface area (Å²) in [6.07, 6.45) is -2.87. The Morgan fingerprint density at radius 1 is 1.27 bits per heavy atom. The van der Waals surface area contributed by atoms with Crippen molar-refractivity contribution in [1.82, 2.24) is 0 Å². The lowest BCUT2D eigenvalue weighted by atomic mass is 9.97. The molecule has 1 fully saturated rings. The van der Waals surface area contributed by atoms with E-state index in [-0.39, 0.29) is 12.5 Å². The van der Waals surface area contributed by atoms with E-state index in [4.69, 9.17) is 10.2 Å². The summed E-state index contributed by atoms with van der Waals surface area (Å²) < 4.78 is 0. The highest BCUT2D eigenvalue weighted by molar-refractivity contribution is 4.76. The molecule has 1 aliphatic rings. The van der Waals surface area contributed by atoms with Crippen molar-refractivity contribution in [1.29, 1.82) is 0 Å². The lowest BCUT2D eigenvalue weighted by Crippen LogP contribution is -2.47. The van der Waals surface area contributed by atoms with E-state index in [0.29, 0.717) is 0 Å². The normalized spacial score (nSPS) is 45.8. The molecule has 0 aromatic rings. The van der Waals surface area contributed by atoms with E-state index in [9.17, 15) is 5.11 Å². The molecule has 1 aliphatic heterocycles. The lowest BCUT2D eigenvalue weighted by molar-refractivity contribution is -0.447. The summed E-state index contributed by atoms with van der Waals surface area (Å²) in [5.74, 6) is -0.330. The Labute approximate surface area is 64.1 Å². The van der Waals surface area contributed by atoms with Crippen molar-refractivity contribution >= 4 is 0 Å². The quantitative estimate of drug-likeness (QED) is 0.416. The monoisotopic (exact) mass is 164 g/mol. The number of aliphatic hydroxyl groups excluding tert-OH is 3. The van der Waals surface area contributed by atoms with Gasteiger partial charge in [-0.2, -0.15) is 0 Å². The van der Waals surface area contributed by atoms with Crippen LogP contribution in [-0.2, 0) is 9.78 Å². The molecule has 4 atom stereocenters. The van der Waals surface area contributed by atoms with Gasteiger partial charge in [0.15, 0.2) is 0 Å². The zero-order valence-corrected chi connectivity index (χ0v) is 6.17. The van der Waals surface area contributed by atoms with Crippen LogP contribution in [0.15, 0.2) is 0 Å².